The normalized spacial score (nSPS) is 24.6. The summed E-state index contributed by atoms with van der Waals surface area (Å²) in [6, 6.07) is 6.39. The fraction of sp³-hybridized carbons (Fsp3) is 0.583. The highest BCUT2D eigenvalue weighted by Crippen LogP contribution is 2.38. The molecule has 2 atom stereocenters. The third-order valence-electron chi connectivity index (χ3n) is 6.74. The maximum absolute atomic E-state index is 12.4. The van der Waals surface area contributed by atoms with E-state index in [9.17, 15) is 4.79 Å². The van der Waals surface area contributed by atoms with Crippen LogP contribution in [0.5, 0.6) is 0 Å². The van der Waals surface area contributed by atoms with Crippen LogP contribution in [-0.2, 0) is 17.9 Å². The van der Waals surface area contributed by atoms with Gasteiger partial charge in [0.2, 0.25) is 5.91 Å². The van der Waals surface area contributed by atoms with Gasteiger partial charge in [-0.15, -0.1) is 0 Å². The summed E-state index contributed by atoms with van der Waals surface area (Å²) in [6.07, 6.45) is 5.34. The highest BCUT2D eigenvalue weighted by atomic mass is 16.2. The SMILES string of the molecule is CC1CC(C)CN(c2cc(NC(=O)C3CC3)ccc2-c2ncc3n2CCN(C)C3)C1. The molecule has 2 unspecified atom stereocenters. The molecule has 2 aromatic rings. The van der Waals surface area contributed by atoms with E-state index in [4.69, 9.17) is 4.98 Å². The second-order valence-corrected chi connectivity index (χ2v) is 9.81. The standard InChI is InChI=1S/C24H33N5O/c1-16-10-17(2)14-28(13-16)22-11-19(26-24(30)18-4-5-18)6-7-21(22)23-25-12-20-15-27(3)8-9-29(20)23/h6-7,11-12,16-18H,4-5,8-10,13-15H2,1-3H3,(H,26,30). The molecule has 6 heteroatoms. The van der Waals surface area contributed by atoms with E-state index in [0.29, 0.717) is 11.8 Å². The van der Waals surface area contributed by atoms with E-state index in [1.54, 1.807) is 0 Å². The summed E-state index contributed by atoms with van der Waals surface area (Å²) >= 11 is 0. The Kier molecular flexibility index (Phi) is 5.05. The summed E-state index contributed by atoms with van der Waals surface area (Å²) in [5.74, 6) is 2.75. The lowest BCUT2D eigenvalue weighted by Gasteiger charge is -2.38. The van der Waals surface area contributed by atoms with Gasteiger partial charge in [-0.25, -0.2) is 4.98 Å². The highest BCUT2D eigenvalue weighted by Gasteiger charge is 2.30. The number of anilines is 2. The van der Waals surface area contributed by atoms with Crippen LogP contribution in [0.1, 0.15) is 38.8 Å². The predicted molar refractivity (Wildman–Crippen MR) is 121 cm³/mol. The number of nitrogens with one attached hydrogen (secondary N) is 1. The molecule has 1 aromatic heterocycles. The zero-order valence-corrected chi connectivity index (χ0v) is 18.4. The van der Waals surface area contributed by atoms with Crippen molar-refractivity contribution in [2.75, 3.05) is 36.9 Å². The number of nitrogens with zero attached hydrogens (tertiary/aromatic N) is 4. The molecule has 3 heterocycles. The van der Waals surface area contributed by atoms with Gasteiger partial charge in [0.25, 0.3) is 0 Å². The van der Waals surface area contributed by atoms with Gasteiger partial charge in [-0.05, 0) is 56.3 Å². The van der Waals surface area contributed by atoms with Gasteiger partial charge in [0.15, 0.2) is 0 Å². The van der Waals surface area contributed by atoms with Gasteiger partial charge in [-0.1, -0.05) is 13.8 Å². The Labute approximate surface area is 179 Å². The molecule has 1 aliphatic carbocycles. The van der Waals surface area contributed by atoms with Crippen LogP contribution in [0.3, 0.4) is 0 Å². The first kappa shape index (κ1) is 19.6. The van der Waals surface area contributed by atoms with E-state index in [0.717, 1.165) is 57.1 Å². The molecule has 1 saturated carbocycles. The summed E-state index contributed by atoms with van der Waals surface area (Å²) in [7, 11) is 2.16. The molecule has 160 valence electrons. The van der Waals surface area contributed by atoms with E-state index in [2.05, 4.69) is 52.7 Å². The third-order valence-corrected chi connectivity index (χ3v) is 6.74. The number of aromatic nitrogens is 2. The zero-order valence-electron chi connectivity index (χ0n) is 18.4. The zero-order chi connectivity index (χ0) is 20.8. The molecule has 6 nitrogen and oxygen atoms in total. The lowest BCUT2D eigenvalue weighted by atomic mass is 9.91. The van der Waals surface area contributed by atoms with Crippen molar-refractivity contribution in [2.45, 2.75) is 46.2 Å². The minimum Gasteiger partial charge on any atom is -0.370 e. The largest absolute Gasteiger partial charge is 0.370 e. The number of amides is 1. The Morgan fingerprint density at radius 2 is 1.90 bits per heavy atom. The van der Waals surface area contributed by atoms with Crippen LogP contribution in [0.25, 0.3) is 11.4 Å². The second kappa shape index (κ2) is 7.73. The average molecular weight is 408 g/mol. The molecule has 1 amide bonds. The van der Waals surface area contributed by atoms with Crippen molar-refractivity contribution in [3.05, 3.63) is 30.1 Å². The summed E-state index contributed by atoms with van der Waals surface area (Å²) in [5, 5.41) is 3.15. The van der Waals surface area contributed by atoms with Gasteiger partial charge in [-0.3, -0.25) is 9.69 Å². The fourth-order valence-electron chi connectivity index (χ4n) is 5.14. The van der Waals surface area contributed by atoms with Crippen molar-refractivity contribution in [1.29, 1.82) is 0 Å². The van der Waals surface area contributed by atoms with Crippen molar-refractivity contribution >= 4 is 17.3 Å². The minimum absolute atomic E-state index is 0.162. The van der Waals surface area contributed by atoms with Crippen molar-refractivity contribution in [2.24, 2.45) is 17.8 Å². The van der Waals surface area contributed by atoms with Gasteiger partial charge in [0.1, 0.15) is 5.82 Å². The van der Waals surface area contributed by atoms with E-state index < -0.39 is 0 Å². The minimum atomic E-state index is 0.162. The molecule has 30 heavy (non-hydrogen) atoms. The molecule has 5 rings (SSSR count). The summed E-state index contributed by atoms with van der Waals surface area (Å²) in [5.41, 5.74) is 4.56. The van der Waals surface area contributed by atoms with E-state index in [-0.39, 0.29) is 11.8 Å². The molecule has 0 radical (unpaired) electrons. The molecule has 1 N–H and O–H groups in total. The fourth-order valence-corrected chi connectivity index (χ4v) is 5.14. The Morgan fingerprint density at radius 1 is 1.13 bits per heavy atom. The molecule has 3 aliphatic rings. The van der Waals surface area contributed by atoms with Crippen molar-refractivity contribution in [3.63, 3.8) is 0 Å². The van der Waals surface area contributed by atoms with Crippen molar-refractivity contribution < 1.29 is 4.79 Å². The first-order valence-electron chi connectivity index (χ1n) is 11.4. The second-order valence-electron chi connectivity index (χ2n) is 9.81. The number of benzene rings is 1. The number of imidazole rings is 1. The van der Waals surface area contributed by atoms with E-state index in [1.807, 2.05) is 12.3 Å². The number of hydrogen-bond donors (Lipinski definition) is 1. The Bertz CT molecular complexity index is 937. The Balaban J connectivity index is 1.53. The van der Waals surface area contributed by atoms with Gasteiger partial charge in [-0.2, -0.15) is 0 Å². The molecular formula is C24H33N5O. The molecule has 2 fully saturated rings. The number of hydrogen-bond acceptors (Lipinski definition) is 4. The number of carbonyl (C=O) groups is 1. The third kappa shape index (κ3) is 3.85. The Hall–Kier alpha value is -2.34. The number of carbonyl (C=O) groups excluding carboxylic acids is 1. The Morgan fingerprint density at radius 3 is 2.63 bits per heavy atom. The smallest absolute Gasteiger partial charge is 0.227 e. The quantitative estimate of drug-likeness (QED) is 0.837. The number of fused-ring (bicyclic) bond motifs is 1. The lowest BCUT2D eigenvalue weighted by molar-refractivity contribution is -0.117. The first-order valence-corrected chi connectivity index (χ1v) is 11.4. The van der Waals surface area contributed by atoms with Crippen molar-refractivity contribution in [1.82, 2.24) is 14.5 Å². The first-order chi connectivity index (χ1) is 14.5. The van der Waals surface area contributed by atoms with Crippen LogP contribution in [0.15, 0.2) is 24.4 Å². The number of rotatable bonds is 4. The molecule has 1 saturated heterocycles. The van der Waals surface area contributed by atoms with Gasteiger partial charge >= 0.3 is 0 Å². The molecule has 0 spiro atoms. The topological polar surface area (TPSA) is 53.4 Å². The number of likely N-dealkylation sites (N-methyl/N-ethyl adjacent to an activating group) is 1. The van der Waals surface area contributed by atoms with Crippen LogP contribution in [0, 0.1) is 17.8 Å². The molecule has 2 aliphatic heterocycles. The highest BCUT2D eigenvalue weighted by molar-refractivity contribution is 5.95. The lowest BCUT2D eigenvalue weighted by Crippen LogP contribution is -2.39. The van der Waals surface area contributed by atoms with Gasteiger partial charge in [0.05, 0.1) is 11.9 Å². The number of piperidine rings is 1. The van der Waals surface area contributed by atoms with Gasteiger partial charge < -0.3 is 14.8 Å². The average Bonchev–Trinajstić information content (AvgIpc) is 3.48. The maximum atomic E-state index is 12.4. The molecule has 0 bridgehead atoms. The van der Waals surface area contributed by atoms with E-state index >= 15 is 0 Å². The van der Waals surface area contributed by atoms with Gasteiger partial charge in [0, 0.05) is 55.6 Å². The van der Waals surface area contributed by atoms with Crippen LogP contribution >= 0.6 is 0 Å². The monoisotopic (exact) mass is 407 g/mol. The molecular weight excluding hydrogens is 374 g/mol. The summed E-state index contributed by atoms with van der Waals surface area (Å²) in [4.78, 5) is 22.1. The maximum Gasteiger partial charge on any atom is 0.227 e. The predicted octanol–water partition coefficient (Wildman–Crippen LogP) is 3.83. The van der Waals surface area contributed by atoms with Crippen LogP contribution in [-0.4, -0.2) is 47.0 Å². The molecule has 1 aromatic carbocycles. The van der Waals surface area contributed by atoms with Crippen LogP contribution in [0.2, 0.25) is 0 Å². The van der Waals surface area contributed by atoms with Crippen LogP contribution < -0.4 is 10.2 Å². The summed E-state index contributed by atoms with van der Waals surface area (Å²) in [6.45, 7) is 9.73. The van der Waals surface area contributed by atoms with Crippen LogP contribution in [0.4, 0.5) is 11.4 Å². The van der Waals surface area contributed by atoms with Crippen molar-refractivity contribution in [3.8, 4) is 11.4 Å². The van der Waals surface area contributed by atoms with E-state index in [1.165, 1.54) is 23.4 Å². The summed E-state index contributed by atoms with van der Waals surface area (Å²) < 4.78 is 2.37.